The van der Waals surface area contributed by atoms with Gasteiger partial charge in [-0.2, -0.15) is 0 Å². The monoisotopic (exact) mass is 280 g/mol. The normalized spacial score (nSPS) is 14.0. The molecule has 0 aliphatic heterocycles. The Kier molecular flexibility index (Phi) is 5.64. The minimum Gasteiger partial charge on any atom is -0.481 e. The Labute approximate surface area is 118 Å². The predicted molar refractivity (Wildman–Crippen MR) is 75.6 cm³/mol. The van der Waals surface area contributed by atoms with Crippen LogP contribution >= 0.6 is 0 Å². The van der Waals surface area contributed by atoms with E-state index in [4.69, 9.17) is 5.11 Å². The Bertz CT molecular complexity index is 490. The second-order valence-electron chi connectivity index (χ2n) is 4.81. The van der Waals surface area contributed by atoms with Crippen LogP contribution in [0.2, 0.25) is 0 Å². The molecule has 0 saturated carbocycles. The molecule has 0 aliphatic carbocycles. The van der Waals surface area contributed by atoms with E-state index in [0.717, 1.165) is 5.56 Å². The van der Waals surface area contributed by atoms with Crippen molar-refractivity contribution in [3.63, 3.8) is 0 Å². The van der Waals surface area contributed by atoms with Gasteiger partial charge in [0.05, 0.1) is 11.3 Å². The molecular weight excluding hydrogens is 260 g/mol. The summed E-state index contributed by atoms with van der Waals surface area (Å²) in [7, 11) is 0. The van der Waals surface area contributed by atoms with Crippen molar-refractivity contribution in [3.05, 3.63) is 39.9 Å². The SMILES string of the molecule is CCN(C(C)CC(=O)O)C(C)c1cccc([N+](=O)[O-])c1. The number of benzene rings is 1. The van der Waals surface area contributed by atoms with Crippen LogP contribution in [0.15, 0.2) is 24.3 Å². The summed E-state index contributed by atoms with van der Waals surface area (Å²) in [6.45, 7) is 6.41. The van der Waals surface area contributed by atoms with Crippen LogP contribution in [0, 0.1) is 10.1 Å². The third-order valence-corrected chi connectivity index (χ3v) is 3.46. The summed E-state index contributed by atoms with van der Waals surface area (Å²) in [5.74, 6) is -0.845. The average molecular weight is 280 g/mol. The molecule has 1 aromatic carbocycles. The first-order valence-electron chi connectivity index (χ1n) is 6.58. The number of rotatable bonds is 7. The van der Waals surface area contributed by atoms with Gasteiger partial charge >= 0.3 is 5.97 Å². The number of nitro benzene ring substituents is 1. The molecule has 0 aromatic heterocycles. The number of nitro groups is 1. The Morgan fingerprint density at radius 3 is 2.60 bits per heavy atom. The quantitative estimate of drug-likeness (QED) is 0.613. The van der Waals surface area contributed by atoms with Crippen LogP contribution < -0.4 is 0 Å². The van der Waals surface area contributed by atoms with E-state index in [1.54, 1.807) is 12.1 Å². The number of hydrogen-bond acceptors (Lipinski definition) is 4. The number of nitrogens with zero attached hydrogens (tertiary/aromatic N) is 2. The smallest absolute Gasteiger partial charge is 0.304 e. The third kappa shape index (κ3) is 4.03. The van der Waals surface area contributed by atoms with Crippen LogP contribution in [0.4, 0.5) is 5.69 Å². The Hall–Kier alpha value is -1.95. The maximum absolute atomic E-state index is 10.8. The molecule has 6 heteroatoms. The fourth-order valence-electron chi connectivity index (χ4n) is 2.43. The third-order valence-electron chi connectivity index (χ3n) is 3.46. The summed E-state index contributed by atoms with van der Waals surface area (Å²) < 4.78 is 0. The van der Waals surface area contributed by atoms with Gasteiger partial charge in [-0.25, -0.2) is 0 Å². The second-order valence-corrected chi connectivity index (χ2v) is 4.81. The van der Waals surface area contributed by atoms with Gasteiger partial charge in [0.25, 0.3) is 5.69 Å². The van der Waals surface area contributed by atoms with Crippen molar-refractivity contribution in [2.45, 2.75) is 39.3 Å². The van der Waals surface area contributed by atoms with Crippen molar-refractivity contribution in [2.75, 3.05) is 6.54 Å². The molecule has 0 radical (unpaired) electrons. The van der Waals surface area contributed by atoms with Crippen molar-refractivity contribution in [1.82, 2.24) is 4.90 Å². The largest absolute Gasteiger partial charge is 0.481 e. The van der Waals surface area contributed by atoms with E-state index in [2.05, 4.69) is 0 Å². The molecule has 1 N–H and O–H groups in total. The fraction of sp³-hybridized carbons (Fsp3) is 0.500. The zero-order chi connectivity index (χ0) is 15.3. The molecule has 0 bridgehead atoms. The lowest BCUT2D eigenvalue weighted by molar-refractivity contribution is -0.385. The lowest BCUT2D eigenvalue weighted by Crippen LogP contribution is -2.36. The predicted octanol–water partition coefficient (Wildman–Crippen LogP) is 2.84. The van der Waals surface area contributed by atoms with Crippen molar-refractivity contribution in [2.24, 2.45) is 0 Å². The number of carbonyl (C=O) groups is 1. The zero-order valence-corrected chi connectivity index (χ0v) is 11.9. The van der Waals surface area contributed by atoms with Gasteiger partial charge < -0.3 is 5.11 Å². The van der Waals surface area contributed by atoms with E-state index in [9.17, 15) is 14.9 Å². The Morgan fingerprint density at radius 1 is 1.45 bits per heavy atom. The molecule has 0 fully saturated rings. The van der Waals surface area contributed by atoms with Crippen molar-refractivity contribution in [3.8, 4) is 0 Å². The molecule has 2 unspecified atom stereocenters. The molecule has 0 amide bonds. The van der Waals surface area contributed by atoms with Crippen LogP contribution in [0.5, 0.6) is 0 Å². The number of carboxylic acids is 1. The van der Waals surface area contributed by atoms with Crippen molar-refractivity contribution < 1.29 is 14.8 Å². The molecule has 0 saturated heterocycles. The molecule has 2 atom stereocenters. The van der Waals surface area contributed by atoms with Gasteiger partial charge in [0.2, 0.25) is 0 Å². The van der Waals surface area contributed by atoms with Crippen LogP contribution in [0.3, 0.4) is 0 Å². The molecule has 0 heterocycles. The lowest BCUT2D eigenvalue weighted by Gasteiger charge is -2.33. The van der Waals surface area contributed by atoms with Gasteiger partial charge in [-0.15, -0.1) is 0 Å². The highest BCUT2D eigenvalue weighted by Gasteiger charge is 2.22. The first-order chi connectivity index (χ1) is 9.36. The maximum Gasteiger partial charge on any atom is 0.304 e. The number of hydrogen-bond donors (Lipinski definition) is 1. The Balaban J connectivity index is 2.95. The summed E-state index contributed by atoms with van der Waals surface area (Å²) in [4.78, 5) is 23.2. The topological polar surface area (TPSA) is 83.7 Å². The van der Waals surface area contributed by atoms with Gasteiger partial charge in [0.1, 0.15) is 0 Å². The summed E-state index contributed by atoms with van der Waals surface area (Å²) in [5, 5.41) is 19.7. The fourth-order valence-corrected chi connectivity index (χ4v) is 2.43. The first-order valence-corrected chi connectivity index (χ1v) is 6.58. The number of aliphatic carboxylic acids is 1. The van der Waals surface area contributed by atoms with Crippen LogP contribution in [-0.4, -0.2) is 33.5 Å². The maximum atomic E-state index is 10.8. The highest BCUT2D eigenvalue weighted by atomic mass is 16.6. The Morgan fingerprint density at radius 2 is 2.10 bits per heavy atom. The average Bonchev–Trinajstić information content (AvgIpc) is 2.38. The molecule has 0 spiro atoms. The van der Waals surface area contributed by atoms with Gasteiger partial charge in [-0.3, -0.25) is 19.8 Å². The first kappa shape index (κ1) is 16.1. The summed E-state index contributed by atoms with van der Waals surface area (Å²) in [6, 6.07) is 6.27. The molecule has 1 rings (SSSR count). The molecule has 0 aliphatic rings. The highest BCUT2D eigenvalue weighted by molar-refractivity contribution is 5.67. The van der Waals surface area contributed by atoms with E-state index < -0.39 is 10.9 Å². The standard InChI is InChI=1S/C14H20N2O4/c1-4-15(10(2)8-14(17)18)11(3)12-6-5-7-13(9-12)16(19)20/h5-7,9-11H,4,8H2,1-3H3,(H,17,18). The summed E-state index contributed by atoms with van der Waals surface area (Å²) in [5.41, 5.74) is 0.870. The van der Waals surface area contributed by atoms with Gasteiger partial charge in [0, 0.05) is 24.2 Å². The zero-order valence-electron chi connectivity index (χ0n) is 11.9. The summed E-state index contributed by atoms with van der Waals surface area (Å²) in [6.07, 6.45) is 0.0487. The molecular formula is C14H20N2O4. The lowest BCUT2D eigenvalue weighted by atomic mass is 10.0. The summed E-state index contributed by atoms with van der Waals surface area (Å²) >= 11 is 0. The van der Waals surface area contributed by atoms with Gasteiger partial charge in [-0.05, 0) is 26.0 Å². The van der Waals surface area contributed by atoms with Crippen molar-refractivity contribution >= 4 is 11.7 Å². The van der Waals surface area contributed by atoms with E-state index >= 15 is 0 Å². The van der Waals surface area contributed by atoms with E-state index in [0.29, 0.717) is 6.54 Å². The van der Waals surface area contributed by atoms with Crippen LogP contribution in [-0.2, 0) is 4.79 Å². The highest BCUT2D eigenvalue weighted by Crippen LogP contribution is 2.26. The van der Waals surface area contributed by atoms with Gasteiger partial charge in [-0.1, -0.05) is 19.1 Å². The minimum absolute atomic E-state index is 0.0487. The molecule has 110 valence electrons. The van der Waals surface area contributed by atoms with E-state index in [1.807, 2.05) is 31.7 Å². The van der Waals surface area contributed by atoms with E-state index in [-0.39, 0.29) is 24.2 Å². The van der Waals surface area contributed by atoms with Crippen molar-refractivity contribution in [1.29, 1.82) is 0 Å². The number of non-ortho nitro benzene ring substituents is 1. The second kappa shape index (κ2) is 7.00. The van der Waals surface area contributed by atoms with Crippen LogP contribution in [0.25, 0.3) is 0 Å². The van der Waals surface area contributed by atoms with Crippen LogP contribution in [0.1, 0.15) is 38.8 Å². The number of carboxylic acid groups (broad SMARTS) is 1. The molecule has 1 aromatic rings. The molecule has 6 nitrogen and oxygen atoms in total. The molecule has 20 heavy (non-hydrogen) atoms. The van der Waals surface area contributed by atoms with E-state index in [1.165, 1.54) is 6.07 Å². The minimum atomic E-state index is -0.845. The van der Waals surface area contributed by atoms with Gasteiger partial charge in [0.15, 0.2) is 0 Å².